The van der Waals surface area contributed by atoms with Crippen molar-refractivity contribution < 1.29 is 12.8 Å². The maximum atomic E-state index is 11.9. The first-order valence-corrected chi connectivity index (χ1v) is 7.30. The lowest BCUT2D eigenvalue weighted by Gasteiger charge is -2.03. The molecular formula is C9H9ClN2O3S2. The summed E-state index contributed by atoms with van der Waals surface area (Å²) < 4.78 is 31.5. The van der Waals surface area contributed by atoms with Crippen molar-refractivity contribution in [3.05, 3.63) is 34.3 Å². The van der Waals surface area contributed by atoms with Crippen molar-refractivity contribution in [2.75, 3.05) is 0 Å². The molecule has 0 spiro atoms. The molecule has 8 heteroatoms. The third-order valence-electron chi connectivity index (χ3n) is 2.02. The van der Waals surface area contributed by atoms with E-state index in [0.29, 0.717) is 5.69 Å². The second kappa shape index (κ2) is 4.77. The Balaban J connectivity index is 2.17. The number of sulfonamides is 1. The second-order valence-corrected chi connectivity index (χ2v) is 6.84. The summed E-state index contributed by atoms with van der Waals surface area (Å²) in [7, 11) is -3.57. The Morgan fingerprint density at radius 1 is 1.59 bits per heavy atom. The summed E-state index contributed by atoms with van der Waals surface area (Å²) in [4.78, 5) is 3.87. The fourth-order valence-electron chi connectivity index (χ4n) is 1.24. The van der Waals surface area contributed by atoms with E-state index in [1.807, 2.05) is 0 Å². The van der Waals surface area contributed by atoms with E-state index in [1.54, 1.807) is 13.0 Å². The molecule has 92 valence electrons. The molecule has 0 saturated carbocycles. The molecule has 0 aromatic carbocycles. The molecule has 0 bridgehead atoms. The SMILES string of the molecule is Cc1nc(Cl)sc1S(=O)(=O)NCc1ccoc1. The lowest BCUT2D eigenvalue weighted by Crippen LogP contribution is -2.22. The van der Waals surface area contributed by atoms with Gasteiger partial charge in [0.25, 0.3) is 10.0 Å². The molecule has 0 aliphatic rings. The van der Waals surface area contributed by atoms with E-state index in [1.165, 1.54) is 12.5 Å². The van der Waals surface area contributed by atoms with Crippen molar-refractivity contribution in [2.24, 2.45) is 0 Å². The summed E-state index contributed by atoms with van der Waals surface area (Å²) in [5.74, 6) is 0. The molecule has 1 N–H and O–H groups in total. The number of thiazole rings is 1. The lowest BCUT2D eigenvalue weighted by molar-refractivity contribution is 0.561. The quantitative estimate of drug-likeness (QED) is 0.937. The van der Waals surface area contributed by atoms with Crippen LogP contribution < -0.4 is 4.72 Å². The van der Waals surface area contributed by atoms with Gasteiger partial charge in [-0.2, -0.15) is 0 Å². The van der Waals surface area contributed by atoms with Crippen LogP contribution in [0.3, 0.4) is 0 Å². The molecule has 0 unspecified atom stereocenters. The zero-order valence-electron chi connectivity index (χ0n) is 8.81. The molecule has 0 fully saturated rings. The molecule has 0 aliphatic carbocycles. The summed E-state index contributed by atoms with van der Waals surface area (Å²) in [5.41, 5.74) is 1.15. The highest BCUT2D eigenvalue weighted by Gasteiger charge is 2.21. The highest BCUT2D eigenvalue weighted by molar-refractivity contribution is 7.91. The van der Waals surface area contributed by atoms with Crippen molar-refractivity contribution in [1.82, 2.24) is 9.71 Å². The standard InChI is InChI=1S/C9H9ClN2O3S2/c1-6-8(16-9(10)12-6)17(13,14)11-4-7-2-3-15-5-7/h2-3,5,11H,4H2,1H3. The summed E-state index contributed by atoms with van der Waals surface area (Å²) in [5, 5.41) is 0. The monoisotopic (exact) mass is 292 g/mol. The van der Waals surface area contributed by atoms with Gasteiger partial charge in [0.15, 0.2) is 8.68 Å². The van der Waals surface area contributed by atoms with Crippen LogP contribution in [0.5, 0.6) is 0 Å². The number of furan rings is 1. The van der Waals surface area contributed by atoms with Crippen LogP contribution in [0.2, 0.25) is 4.47 Å². The van der Waals surface area contributed by atoms with Gasteiger partial charge in [0.2, 0.25) is 0 Å². The largest absolute Gasteiger partial charge is 0.472 e. The normalized spacial score (nSPS) is 11.9. The van der Waals surface area contributed by atoms with Crippen LogP contribution in [0.15, 0.2) is 27.2 Å². The van der Waals surface area contributed by atoms with Crippen LogP contribution in [0.1, 0.15) is 11.3 Å². The topological polar surface area (TPSA) is 72.2 Å². The van der Waals surface area contributed by atoms with Gasteiger partial charge in [-0.05, 0) is 13.0 Å². The molecule has 2 aromatic rings. The van der Waals surface area contributed by atoms with Crippen molar-refractivity contribution in [3.8, 4) is 0 Å². The molecule has 2 aromatic heterocycles. The Kier molecular flexibility index (Phi) is 3.53. The average molecular weight is 293 g/mol. The Labute approximate surface area is 107 Å². The smallest absolute Gasteiger partial charge is 0.252 e. The number of nitrogens with zero attached hydrogens (tertiary/aromatic N) is 1. The van der Waals surface area contributed by atoms with Crippen LogP contribution in [0.4, 0.5) is 0 Å². The predicted molar refractivity (Wildman–Crippen MR) is 64.6 cm³/mol. The average Bonchev–Trinajstić information content (AvgIpc) is 2.85. The number of aromatic nitrogens is 1. The van der Waals surface area contributed by atoms with Crippen molar-refractivity contribution in [2.45, 2.75) is 17.7 Å². The zero-order chi connectivity index (χ0) is 12.5. The molecular weight excluding hydrogens is 284 g/mol. The van der Waals surface area contributed by atoms with Crippen LogP contribution in [-0.4, -0.2) is 13.4 Å². The molecule has 17 heavy (non-hydrogen) atoms. The second-order valence-electron chi connectivity index (χ2n) is 3.30. The third-order valence-corrected chi connectivity index (χ3v) is 5.29. The van der Waals surface area contributed by atoms with Crippen molar-refractivity contribution in [3.63, 3.8) is 0 Å². The van der Waals surface area contributed by atoms with Gasteiger partial charge >= 0.3 is 0 Å². The summed E-state index contributed by atoms with van der Waals surface area (Å²) in [6, 6.07) is 1.69. The first-order valence-electron chi connectivity index (χ1n) is 4.63. The van der Waals surface area contributed by atoms with E-state index >= 15 is 0 Å². The number of halogens is 1. The van der Waals surface area contributed by atoms with E-state index < -0.39 is 10.0 Å². The third kappa shape index (κ3) is 2.86. The molecule has 0 atom stereocenters. The number of nitrogens with one attached hydrogen (secondary N) is 1. The summed E-state index contributed by atoms with van der Waals surface area (Å²) in [6.07, 6.45) is 2.97. The van der Waals surface area contributed by atoms with Crippen molar-refractivity contribution in [1.29, 1.82) is 0 Å². The van der Waals surface area contributed by atoms with Gasteiger partial charge in [0.05, 0.1) is 18.2 Å². The summed E-state index contributed by atoms with van der Waals surface area (Å²) >= 11 is 6.61. The Hall–Kier alpha value is -0.890. The van der Waals surface area contributed by atoms with Gasteiger partial charge in [-0.25, -0.2) is 18.1 Å². The van der Waals surface area contributed by atoms with E-state index in [4.69, 9.17) is 16.0 Å². The van der Waals surface area contributed by atoms with Gasteiger partial charge in [-0.15, -0.1) is 0 Å². The van der Waals surface area contributed by atoms with Crippen molar-refractivity contribution >= 4 is 33.0 Å². The predicted octanol–water partition coefficient (Wildman–Crippen LogP) is 2.18. The first kappa shape index (κ1) is 12.6. The van der Waals surface area contributed by atoms with Crippen LogP contribution in [0, 0.1) is 6.92 Å². The van der Waals surface area contributed by atoms with E-state index in [-0.39, 0.29) is 15.2 Å². The Morgan fingerprint density at radius 3 is 2.88 bits per heavy atom. The van der Waals surface area contributed by atoms with Gasteiger partial charge in [-0.3, -0.25) is 0 Å². The zero-order valence-corrected chi connectivity index (χ0v) is 11.2. The fourth-order valence-corrected chi connectivity index (χ4v) is 4.04. The molecule has 0 amide bonds. The summed E-state index contributed by atoms with van der Waals surface area (Å²) in [6.45, 7) is 1.78. The number of aryl methyl sites for hydroxylation is 1. The lowest BCUT2D eigenvalue weighted by atomic mass is 10.4. The first-order chi connectivity index (χ1) is 7.99. The minimum absolute atomic E-state index is 0.144. The van der Waals surface area contributed by atoms with Gasteiger partial charge in [0.1, 0.15) is 0 Å². The molecule has 0 saturated heterocycles. The highest BCUT2D eigenvalue weighted by atomic mass is 35.5. The molecule has 2 rings (SSSR count). The van der Waals surface area contributed by atoms with Crippen LogP contribution >= 0.6 is 22.9 Å². The highest BCUT2D eigenvalue weighted by Crippen LogP contribution is 2.26. The number of rotatable bonds is 4. The molecule has 5 nitrogen and oxygen atoms in total. The molecule has 0 radical (unpaired) electrons. The minimum atomic E-state index is -3.57. The minimum Gasteiger partial charge on any atom is -0.472 e. The van der Waals surface area contributed by atoms with Gasteiger partial charge < -0.3 is 4.42 Å². The number of hydrogen-bond acceptors (Lipinski definition) is 5. The molecule has 2 heterocycles. The Bertz CT molecular complexity index is 604. The van der Waals surface area contributed by atoms with Crippen LogP contribution in [0.25, 0.3) is 0 Å². The Morgan fingerprint density at radius 2 is 2.35 bits per heavy atom. The maximum absolute atomic E-state index is 11.9. The van der Waals surface area contributed by atoms with E-state index in [9.17, 15) is 8.42 Å². The van der Waals surface area contributed by atoms with Gasteiger partial charge in [0, 0.05) is 12.1 Å². The van der Waals surface area contributed by atoms with Crippen LogP contribution in [-0.2, 0) is 16.6 Å². The number of hydrogen-bond donors (Lipinski definition) is 1. The van der Waals surface area contributed by atoms with E-state index in [0.717, 1.165) is 16.9 Å². The van der Waals surface area contributed by atoms with E-state index in [2.05, 4.69) is 9.71 Å². The maximum Gasteiger partial charge on any atom is 0.252 e. The molecule has 0 aliphatic heterocycles. The fraction of sp³-hybridized carbons (Fsp3) is 0.222. The van der Waals surface area contributed by atoms with Gasteiger partial charge in [-0.1, -0.05) is 22.9 Å².